The Bertz CT molecular complexity index is 281. The summed E-state index contributed by atoms with van der Waals surface area (Å²) in [6.45, 7) is 3.82. The fourth-order valence-electron chi connectivity index (χ4n) is 1.25. The summed E-state index contributed by atoms with van der Waals surface area (Å²) >= 11 is 0. The van der Waals surface area contributed by atoms with E-state index in [2.05, 4.69) is 9.47 Å². The van der Waals surface area contributed by atoms with Crippen LogP contribution in [0.2, 0.25) is 0 Å². The molecule has 90 valence electrons. The smallest absolute Gasteiger partial charge is 0.330 e. The molecule has 0 radical (unpaired) electrons. The molecule has 0 saturated carbocycles. The average Bonchev–Trinajstić information content (AvgIpc) is 2.32. The van der Waals surface area contributed by atoms with Crippen molar-refractivity contribution in [2.75, 3.05) is 14.2 Å². The standard InChI is InChI=1S/C12H18O4/c1-5-9(7-11(13)15-3)10(6-2)8-12(14)16-4/h7-8H,5-6H2,1-4H3/b9-7-,10-8+. The van der Waals surface area contributed by atoms with E-state index < -0.39 is 11.9 Å². The first-order valence-corrected chi connectivity index (χ1v) is 5.16. The van der Waals surface area contributed by atoms with Gasteiger partial charge in [0.05, 0.1) is 14.2 Å². The molecule has 0 aromatic rings. The number of allylic oxidation sites excluding steroid dienone is 2. The Hall–Kier alpha value is -1.58. The Balaban J connectivity index is 5.04. The lowest BCUT2D eigenvalue weighted by atomic mass is 10.0. The van der Waals surface area contributed by atoms with Crippen LogP contribution >= 0.6 is 0 Å². The minimum absolute atomic E-state index is 0.416. The summed E-state index contributed by atoms with van der Waals surface area (Å²) in [7, 11) is 2.64. The molecule has 4 nitrogen and oxygen atoms in total. The SMILES string of the molecule is CCC(=C/C(=O)OC)/C(=C/C(=O)OC)CC. The van der Waals surface area contributed by atoms with Crippen molar-refractivity contribution in [3.63, 3.8) is 0 Å². The molecule has 0 saturated heterocycles. The topological polar surface area (TPSA) is 52.6 Å². The molecule has 0 N–H and O–H groups in total. The summed E-state index contributed by atoms with van der Waals surface area (Å²) in [5, 5.41) is 0. The lowest BCUT2D eigenvalue weighted by molar-refractivity contribution is -0.135. The molecule has 0 aliphatic carbocycles. The molecule has 4 heteroatoms. The van der Waals surface area contributed by atoms with Gasteiger partial charge in [-0.25, -0.2) is 9.59 Å². The molecule has 0 spiro atoms. The van der Waals surface area contributed by atoms with E-state index >= 15 is 0 Å². The zero-order valence-corrected chi connectivity index (χ0v) is 10.2. The Labute approximate surface area is 95.9 Å². The number of hydrogen-bond acceptors (Lipinski definition) is 4. The van der Waals surface area contributed by atoms with Crippen molar-refractivity contribution in [2.24, 2.45) is 0 Å². The van der Waals surface area contributed by atoms with Gasteiger partial charge in [-0.3, -0.25) is 0 Å². The molecular weight excluding hydrogens is 208 g/mol. The zero-order chi connectivity index (χ0) is 12.6. The van der Waals surface area contributed by atoms with Crippen molar-refractivity contribution in [1.82, 2.24) is 0 Å². The summed E-state index contributed by atoms with van der Waals surface area (Å²) in [4.78, 5) is 22.2. The molecule has 0 rings (SSSR count). The Morgan fingerprint density at radius 3 is 1.38 bits per heavy atom. The van der Waals surface area contributed by atoms with Gasteiger partial charge in [0.2, 0.25) is 0 Å². The number of hydrogen-bond donors (Lipinski definition) is 0. The minimum Gasteiger partial charge on any atom is -0.466 e. The van der Waals surface area contributed by atoms with Crippen molar-refractivity contribution < 1.29 is 19.1 Å². The van der Waals surface area contributed by atoms with Crippen LogP contribution in [0.15, 0.2) is 23.3 Å². The van der Waals surface area contributed by atoms with Crippen molar-refractivity contribution >= 4 is 11.9 Å². The quantitative estimate of drug-likeness (QED) is 0.409. The van der Waals surface area contributed by atoms with E-state index in [-0.39, 0.29) is 0 Å². The largest absolute Gasteiger partial charge is 0.466 e. The fraction of sp³-hybridized carbons (Fsp3) is 0.500. The van der Waals surface area contributed by atoms with E-state index in [0.29, 0.717) is 12.8 Å². The fourth-order valence-corrected chi connectivity index (χ4v) is 1.25. The van der Waals surface area contributed by atoms with Gasteiger partial charge in [-0.2, -0.15) is 0 Å². The van der Waals surface area contributed by atoms with E-state index in [1.807, 2.05) is 13.8 Å². The van der Waals surface area contributed by atoms with Crippen LogP contribution < -0.4 is 0 Å². The molecule has 0 bridgehead atoms. The van der Waals surface area contributed by atoms with E-state index in [4.69, 9.17) is 0 Å². The van der Waals surface area contributed by atoms with Crippen LogP contribution in [-0.2, 0) is 19.1 Å². The second-order valence-corrected chi connectivity index (χ2v) is 3.09. The predicted octanol–water partition coefficient (Wildman–Crippen LogP) is 2.01. The molecular formula is C12H18O4. The van der Waals surface area contributed by atoms with Crippen LogP contribution in [0.3, 0.4) is 0 Å². The van der Waals surface area contributed by atoms with Crippen LogP contribution in [-0.4, -0.2) is 26.2 Å². The van der Waals surface area contributed by atoms with Crippen LogP contribution in [0.5, 0.6) is 0 Å². The average molecular weight is 226 g/mol. The molecule has 0 aromatic heterocycles. The van der Waals surface area contributed by atoms with Gasteiger partial charge in [0.1, 0.15) is 0 Å². The Kier molecular flexibility index (Phi) is 6.92. The highest BCUT2D eigenvalue weighted by atomic mass is 16.5. The summed E-state index contributed by atoms with van der Waals surface area (Å²) in [6.07, 6.45) is 4.12. The van der Waals surface area contributed by atoms with Crippen molar-refractivity contribution in [2.45, 2.75) is 26.7 Å². The zero-order valence-electron chi connectivity index (χ0n) is 10.2. The van der Waals surface area contributed by atoms with Gasteiger partial charge >= 0.3 is 11.9 Å². The molecule has 0 unspecified atom stereocenters. The lowest BCUT2D eigenvalue weighted by Crippen LogP contribution is -2.02. The van der Waals surface area contributed by atoms with Gasteiger partial charge in [0.15, 0.2) is 0 Å². The second kappa shape index (κ2) is 7.68. The summed E-state index contributed by atoms with van der Waals surface area (Å²) in [5.74, 6) is -0.831. The Morgan fingerprint density at radius 2 is 1.19 bits per heavy atom. The van der Waals surface area contributed by atoms with Crippen LogP contribution in [0, 0.1) is 0 Å². The third-order valence-electron chi connectivity index (χ3n) is 2.16. The highest BCUT2D eigenvalue weighted by molar-refractivity contribution is 5.86. The molecule has 16 heavy (non-hydrogen) atoms. The normalized spacial score (nSPS) is 12.2. The molecule has 0 aliphatic rings. The number of carbonyl (C=O) groups is 2. The van der Waals surface area contributed by atoms with Crippen molar-refractivity contribution in [3.8, 4) is 0 Å². The van der Waals surface area contributed by atoms with Crippen LogP contribution in [0.4, 0.5) is 0 Å². The molecule has 0 heterocycles. The molecule has 0 amide bonds. The third kappa shape index (κ3) is 4.77. The lowest BCUT2D eigenvalue weighted by Gasteiger charge is -2.07. The van der Waals surface area contributed by atoms with Crippen LogP contribution in [0.25, 0.3) is 0 Å². The van der Waals surface area contributed by atoms with E-state index in [0.717, 1.165) is 11.1 Å². The van der Waals surface area contributed by atoms with Crippen molar-refractivity contribution in [3.05, 3.63) is 23.3 Å². The van der Waals surface area contributed by atoms with Gasteiger partial charge in [0.25, 0.3) is 0 Å². The number of rotatable bonds is 5. The Morgan fingerprint density at radius 1 is 0.875 bits per heavy atom. The third-order valence-corrected chi connectivity index (χ3v) is 2.16. The summed E-state index contributed by atoms with van der Waals surface area (Å²) < 4.78 is 9.10. The van der Waals surface area contributed by atoms with Gasteiger partial charge in [-0.05, 0) is 24.0 Å². The molecule has 0 aliphatic heterocycles. The number of methoxy groups -OCH3 is 2. The number of esters is 2. The highest BCUT2D eigenvalue weighted by Gasteiger charge is 2.07. The van der Waals surface area contributed by atoms with Crippen LogP contribution in [0.1, 0.15) is 26.7 Å². The van der Waals surface area contributed by atoms with E-state index in [1.54, 1.807) is 0 Å². The molecule has 0 fully saturated rings. The maximum Gasteiger partial charge on any atom is 0.330 e. The predicted molar refractivity (Wildman–Crippen MR) is 60.8 cm³/mol. The first-order chi connectivity index (χ1) is 7.58. The van der Waals surface area contributed by atoms with Crippen molar-refractivity contribution in [1.29, 1.82) is 0 Å². The van der Waals surface area contributed by atoms with Gasteiger partial charge in [-0.1, -0.05) is 13.8 Å². The minimum atomic E-state index is -0.416. The maximum absolute atomic E-state index is 11.1. The maximum atomic E-state index is 11.1. The van der Waals surface area contributed by atoms with E-state index in [9.17, 15) is 9.59 Å². The molecule has 0 atom stereocenters. The second-order valence-electron chi connectivity index (χ2n) is 3.09. The van der Waals surface area contributed by atoms with Gasteiger partial charge in [-0.15, -0.1) is 0 Å². The molecule has 0 aromatic carbocycles. The summed E-state index contributed by atoms with van der Waals surface area (Å²) in [6, 6.07) is 0. The van der Waals surface area contributed by atoms with Gasteiger partial charge in [0, 0.05) is 12.2 Å². The first kappa shape index (κ1) is 14.4. The first-order valence-electron chi connectivity index (χ1n) is 5.16. The van der Waals surface area contributed by atoms with E-state index in [1.165, 1.54) is 26.4 Å². The monoisotopic (exact) mass is 226 g/mol. The number of ether oxygens (including phenoxy) is 2. The van der Waals surface area contributed by atoms with Gasteiger partial charge < -0.3 is 9.47 Å². The number of carbonyl (C=O) groups excluding carboxylic acids is 2. The summed E-state index contributed by atoms with van der Waals surface area (Å²) in [5.41, 5.74) is 1.58. The highest BCUT2D eigenvalue weighted by Crippen LogP contribution is 2.17.